The molecule has 2 aliphatic heterocycles. The number of hydrogen-bond acceptors (Lipinski definition) is 14. The van der Waals surface area contributed by atoms with Gasteiger partial charge in [-0.15, -0.1) is 16.4 Å². The average Bonchev–Trinajstić information content (AvgIpc) is 4.06. The summed E-state index contributed by atoms with van der Waals surface area (Å²) in [5.74, 6) is -1.61. The molecule has 65 heavy (non-hydrogen) atoms. The van der Waals surface area contributed by atoms with Crippen LogP contribution in [-0.4, -0.2) is 97.8 Å². The molecule has 0 spiro atoms. The van der Waals surface area contributed by atoms with E-state index in [2.05, 4.69) is 41.9 Å². The minimum absolute atomic E-state index is 0.0130. The first-order valence-electron chi connectivity index (χ1n) is 21.3. The summed E-state index contributed by atoms with van der Waals surface area (Å²) in [5, 5.41) is 25.7. The zero-order valence-electron chi connectivity index (χ0n) is 35.2. The van der Waals surface area contributed by atoms with Gasteiger partial charge in [-0.2, -0.15) is 0 Å². The second kappa shape index (κ2) is 20.7. The highest BCUT2D eigenvalue weighted by Gasteiger charge is 2.43. The number of rotatable bonds is 19. The van der Waals surface area contributed by atoms with Crippen LogP contribution in [0.2, 0.25) is 5.02 Å². The Balaban J connectivity index is 0.777. The zero-order chi connectivity index (χ0) is 45.3. The SMILES string of the molecule is O=C1CCC(N2Cc3c(NC(=O)COCCNCCn4cc(CNC(=O)C5(Cc6cccc(Nc7nccs7)n6)CCC(Oc6cccc(Cl)c6F)CC5)nn4)cccc3C2=O)C(=O)N1. The quantitative estimate of drug-likeness (QED) is 0.0568. The predicted octanol–water partition coefficient (Wildman–Crippen LogP) is 4.54. The van der Waals surface area contributed by atoms with Crippen molar-refractivity contribution in [2.45, 2.75) is 76.7 Å². The minimum atomic E-state index is -0.814. The van der Waals surface area contributed by atoms with Crippen LogP contribution in [0.4, 0.5) is 21.0 Å². The Morgan fingerprint density at radius 1 is 1.02 bits per heavy atom. The number of thiazole rings is 1. The first kappa shape index (κ1) is 45.2. The van der Waals surface area contributed by atoms with E-state index in [0.717, 1.165) is 5.69 Å². The van der Waals surface area contributed by atoms with E-state index in [9.17, 15) is 28.4 Å². The number of benzene rings is 2. The molecule has 2 fully saturated rings. The maximum atomic E-state index is 14.7. The Morgan fingerprint density at radius 2 is 1.85 bits per heavy atom. The van der Waals surface area contributed by atoms with Crippen LogP contribution >= 0.6 is 22.9 Å². The van der Waals surface area contributed by atoms with E-state index >= 15 is 0 Å². The molecule has 18 nitrogen and oxygen atoms in total. The number of hydrogen-bond donors (Lipinski definition) is 5. The Kier molecular flexibility index (Phi) is 14.4. The normalized spacial score (nSPS) is 19.4. The molecule has 2 aromatic carbocycles. The van der Waals surface area contributed by atoms with Crippen molar-refractivity contribution in [2.24, 2.45) is 5.41 Å². The summed E-state index contributed by atoms with van der Waals surface area (Å²) >= 11 is 7.45. The van der Waals surface area contributed by atoms with E-state index in [1.54, 1.807) is 47.4 Å². The molecule has 8 rings (SSSR count). The number of anilines is 3. The van der Waals surface area contributed by atoms with Crippen LogP contribution in [0.15, 0.2) is 72.4 Å². The lowest BCUT2D eigenvalue weighted by atomic mass is 9.69. The molecular formula is C44H47ClFN11O7S. The number of nitrogens with zero attached hydrogens (tertiary/aromatic N) is 6. The number of aromatic nitrogens is 5. The molecule has 5 N–H and O–H groups in total. The van der Waals surface area contributed by atoms with Gasteiger partial charge >= 0.3 is 0 Å². The lowest BCUT2D eigenvalue weighted by molar-refractivity contribution is -0.137. The fourth-order valence-corrected chi connectivity index (χ4v) is 9.00. The molecular weight excluding hydrogens is 881 g/mol. The molecule has 5 amide bonds. The number of halogens is 2. The zero-order valence-corrected chi connectivity index (χ0v) is 36.8. The third kappa shape index (κ3) is 11.1. The van der Waals surface area contributed by atoms with Crippen LogP contribution in [0.1, 0.15) is 65.8 Å². The van der Waals surface area contributed by atoms with Gasteiger partial charge < -0.3 is 35.6 Å². The maximum absolute atomic E-state index is 14.7. The van der Waals surface area contributed by atoms with Crippen LogP contribution < -0.4 is 31.3 Å². The lowest BCUT2D eigenvalue weighted by Gasteiger charge is -2.39. The highest BCUT2D eigenvalue weighted by atomic mass is 35.5. The number of ether oxygens (including phenoxy) is 2. The van der Waals surface area contributed by atoms with E-state index in [1.807, 2.05) is 23.6 Å². The maximum Gasteiger partial charge on any atom is 0.255 e. The van der Waals surface area contributed by atoms with Gasteiger partial charge in [0.1, 0.15) is 24.2 Å². The smallest absolute Gasteiger partial charge is 0.255 e. The molecule has 340 valence electrons. The van der Waals surface area contributed by atoms with E-state index in [0.29, 0.717) is 85.2 Å². The van der Waals surface area contributed by atoms with Crippen molar-refractivity contribution in [3.05, 3.63) is 106 Å². The minimum Gasteiger partial charge on any atom is -0.487 e. The van der Waals surface area contributed by atoms with Crippen molar-refractivity contribution >= 4 is 69.1 Å². The van der Waals surface area contributed by atoms with Gasteiger partial charge in [-0.1, -0.05) is 35.0 Å². The Bertz CT molecular complexity index is 2540. The molecule has 21 heteroatoms. The van der Waals surface area contributed by atoms with E-state index < -0.39 is 29.1 Å². The van der Waals surface area contributed by atoms with Gasteiger partial charge in [-0.25, -0.2) is 14.4 Å². The van der Waals surface area contributed by atoms with Crippen molar-refractivity contribution in [1.29, 1.82) is 0 Å². The van der Waals surface area contributed by atoms with Gasteiger partial charge in [0.2, 0.25) is 23.6 Å². The number of carbonyl (C=O) groups excluding carboxylic acids is 5. The van der Waals surface area contributed by atoms with E-state index in [1.165, 1.54) is 22.3 Å². The molecule has 5 heterocycles. The van der Waals surface area contributed by atoms with Crippen LogP contribution in [0.25, 0.3) is 0 Å². The fourth-order valence-electron chi connectivity index (χ4n) is 8.29. The summed E-state index contributed by atoms with van der Waals surface area (Å²) < 4.78 is 28.0. The van der Waals surface area contributed by atoms with Gasteiger partial charge in [-0.05, 0) is 68.5 Å². The first-order chi connectivity index (χ1) is 31.5. The van der Waals surface area contributed by atoms with E-state index in [4.69, 9.17) is 26.1 Å². The summed E-state index contributed by atoms with van der Waals surface area (Å²) in [5.41, 5.74) is 1.98. The second-order valence-electron chi connectivity index (χ2n) is 16.0. The van der Waals surface area contributed by atoms with Gasteiger partial charge in [0.25, 0.3) is 5.91 Å². The topological polar surface area (TPSA) is 224 Å². The van der Waals surface area contributed by atoms with Crippen molar-refractivity contribution in [1.82, 2.24) is 45.8 Å². The molecule has 1 aliphatic carbocycles. The molecule has 1 saturated carbocycles. The molecule has 1 atom stereocenters. The monoisotopic (exact) mass is 927 g/mol. The number of fused-ring (bicyclic) bond motifs is 1. The number of piperidine rings is 1. The number of carbonyl (C=O) groups is 5. The fraction of sp³-hybridized carbons (Fsp3) is 0.386. The highest BCUT2D eigenvalue weighted by molar-refractivity contribution is 7.13. The standard InChI is InChI=1S/C44H47ClFN11O7S/c45-32-6-3-8-35(39(32)46)64-29-12-14-44(15-13-29,22-27-4-1-9-36(50-27)52-43-48-18-21-65-43)42(62)49-23-28-24-56(55-54-28)19-16-47-17-20-63-26-38(59)51-33-7-2-5-30-31(33)25-57(41(30)61)34-10-11-37(58)53-40(34)60/h1-9,18,21,24,29,34,47H,10-17,19-20,22-23,25-26H2,(H,49,62)(H,51,59)(H,48,50,52)(H,53,58,60). The summed E-state index contributed by atoms with van der Waals surface area (Å²) in [6.45, 7) is 1.84. The van der Waals surface area contributed by atoms with Gasteiger partial charge in [-0.3, -0.25) is 34.0 Å². The summed E-state index contributed by atoms with van der Waals surface area (Å²) in [6, 6.07) is 14.6. The van der Waals surface area contributed by atoms with E-state index in [-0.39, 0.29) is 73.7 Å². The predicted molar refractivity (Wildman–Crippen MR) is 237 cm³/mol. The second-order valence-corrected chi connectivity index (χ2v) is 17.3. The molecule has 1 saturated heterocycles. The molecule has 5 aromatic rings. The van der Waals surface area contributed by atoms with Crippen molar-refractivity contribution in [2.75, 3.05) is 36.9 Å². The van der Waals surface area contributed by atoms with Crippen molar-refractivity contribution < 1.29 is 37.8 Å². The lowest BCUT2D eigenvalue weighted by Crippen LogP contribution is -2.52. The summed E-state index contributed by atoms with van der Waals surface area (Å²) in [7, 11) is 0. The third-order valence-corrected chi connectivity index (χ3v) is 12.6. The van der Waals surface area contributed by atoms with Gasteiger partial charge in [0.15, 0.2) is 16.7 Å². The Hall–Kier alpha value is -6.35. The van der Waals surface area contributed by atoms with Gasteiger partial charge in [0.05, 0.1) is 42.4 Å². The largest absolute Gasteiger partial charge is 0.487 e. The average molecular weight is 928 g/mol. The van der Waals surface area contributed by atoms with Crippen molar-refractivity contribution in [3.63, 3.8) is 0 Å². The molecule has 1 unspecified atom stereocenters. The van der Waals surface area contributed by atoms with Crippen LogP contribution in [0.5, 0.6) is 5.75 Å². The van der Waals surface area contributed by atoms with Crippen LogP contribution in [0, 0.1) is 11.2 Å². The Morgan fingerprint density at radius 3 is 2.66 bits per heavy atom. The number of pyridine rings is 1. The van der Waals surface area contributed by atoms with Crippen molar-refractivity contribution in [3.8, 4) is 5.75 Å². The van der Waals surface area contributed by atoms with Gasteiger partial charge in [0, 0.05) is 66.6 Å². The highest BCUT2D eigenvalue weighted by Crippen LogP contribution is 2.41. The molecule has 0 bridgehead atoms. The summed E-state index contributed by atoms with van der Waals surface area (Å²) in [6.07, 6.45) is 5.95. The number of nitrogens with one attached hydrogen (secondary N) is 5. The molecule has 3 aliphatic rings. The third-order valence-electron chi connectivity index (χ3n) is 11.6. The van der Waals surface area contributed by atoms with Crippen LogP contribution in [0.3, 0.4) is 0 Å². The molecule has 3 aromatic heterocycles. The number of imide groups is 1. The van der Waals surface area contributed by atoms with Crippen LogP contribution in [-0.2, 0) is 50.0 Å². The summed E-state index contributed by atoms with van der Waals surface area (Å²) in [4.78, 5) is 74.5. The molecule has 0 radical (unpaired) electrons. The number of amides is 5. The first-order valence-corrected chi connectivity index (χ1v) is 22.5. The Labute approximate surface area is 382 Å².